The number of nitrogens with one attached hydrogen (secondary N) is 1. The van der Waals surface area contributed by atoms with Crippen molar-refractivity contribution in [2.45, 2.75) is 66.3 Å². The summed E-state index contributed by atoms with van der Waals surface area (Å²) in [7, 11) is 0. The molecule has 17 heavy (non-hydrogen) atoms. The number of hydrogen-bond acceptors (Lipinski definition) is 2. The van der Waals surface area contributed by atoms with Gasteiger partial charge in [-0.05, 0) is 30.7 Å². The van der Waals surface area contributed by atoms with Gasteiger partial charge in [0.15, 0.2) is 0 Å². The maximum atomic E-state index is 5.83. The highest BCUT2D eigenvalue weighted by Gasteiger charge is 2.18. The lowest BCUT2D eigenvalue weighted by Crippen LogP contribution is -2.41. The molecule has 0 aromatic rings. The molecule has 0 rings (SSSR count). The van der Waals surface area contributed by atoms with Gasteiger partial charge in [0.2, 0.25) is 0 Å². The Labute approximate surface area is 109 Å². The summed E-state index contributed by atoms with van der Waals surface area (Å²) in [6, 6.07) is 0.515. The van der Waals surface area contributed by atoms with Gasteiger partial charge in [0, 0.05) is 12.6 Å². The topological polar surface area (TPSA) is 38.0 Å². The summed E-state index contributed by atoms with van der Waals surface area (Å²) in [4.78, 5) is 0. The highest BCUT2D eigenvalue weighted by molar-refractivity contribution is 4.74. The van der Waals surface area contributed by atoms with Crippen LogP contribution in [0.4, 0.5) is 0 Å². The lowest BCUT2D eigenvalue weighted by atomic mass is 9.85. The third-order valence-corrected chi connectivity index (χ3v) is 3.80. The van der Waals surface area contributed by atoms with Crippen molar-refractivity contribution in [1.29, 1.82) is 0 Å². The predicted molar refractivity (Wildman–Crippen MR) is 78.2 cm³/mol. The van der Waals surface area contributed by atoms with Crippen LogP contribution in [0.3, 0.4) is 0 Å². The summed E-state index contributed by atoms with van der Waals surface area (Å²) in [5.74, 6) is 2.25. The van der Waals surface area contributed by atoms with Crippen molar-refractivity contribution in [2.24, 2.45) is 23.5 Å². The maximum Gasteiger partial charge on any atom is 0.0190 e. The fourth-order valence-electron chi connectivity index (χ4n) is 2.49. The first-order chi connectivity index (χ1) is 8.02. The smallest absolute Gasteiger partial charge is 0.0190 e. The van der Waals surface area contributed by atoms with E-state index in [2.05, 4.69) is 39.9 Å². The molecule has 0 saturated heterocycles. The fourth-order valence-corrected chi connectivity index (χ4v) is 2.49. The molecule has 2 nitrogen and oxygen atoms in total. The van der Waals surface area contributed by atoms with Crippen LogP contribution in [-0.4, -0.2) is 19.1 Å². The van der Waals surface area contributed by atoms with Gasteiger partial charge >= 0.3 is 0 Å². The number of unbranched alkanes of at least 4 members (excludes halogenated alkanes) is 2. The molecule has 0 amide bonds. The van der Waals surface area contributed by atoms with Crippen molar-refractivity contribution < 1.29 is 0 Å². The maximum absolute atomic E-state index is 5.83. The van der Waals surface area contributed by atoms with Crippen molar-refractivity contribution in [3.8, 4) is 0 Å². The molecule has 0 aliphatic carbocycles. The normalized spacial score (nSPS) is 13.9. The summed E-state index contributed by atoms with van der Waals surface area (Å²) >= 11 is 0. The van der Waals surface area contributed by atoms with Gasteiger partial charge in [-0.3, -0.25) is 0 Å². The molecular formula is C15H34N2. The Morgan fingerprint density at radius 3 is 2.00 bits per heavy atom. The molecule has 0 fully saturated rings. The number of rotatable bonds is 10. The lowest BCUT2D eigenvalue weighted by Gasteiger charge is -2.27. The predicted octanol–water partition coefficient (Wildman–Crippen LogP) is 3.41. The second-order valence-corrected chi connectivity index (χ2v) is 5.99. The van der Waals surface area contributed by atoms with E-state index in [9.17, 15) is 0 Å². The van der Waals surface area contributed by atoms with Crippen molar-refractivity contribution in [3.63, 3.8) is 0 Å². The van der Waals surface area contributed by atoms with E-state index < -0.39 is 0 Å². The van der Waals surface area contributed by atoms with E-state index in [4.69, 9.17) is 5.73 Å². The third kappa shape index (κ3) is 7.77. The number of hydrogen-bond donors (Lipinski definition) is 2. The van der Waals surface area contributed by atoms with Gasteiger partial charge in [-0.25, -0.2) is 0 Å². The molecule has 0 aromatic heterocycles. The first-order valence-electron chi connectivity index (χ1n) is 7.46. The van der Waals surface area contributed by atoms with Crippen LogP contribution >= 0.6 is 0 Å². The van der Waals surface area contributed by atoms with E-state index in [-0.39, 0.29) is 0 Å². The molecule has 104 valence electrons. The van der Waals surface area contributed by atoms with E-state index in [1.54, 1.807) is 0 Å². The first-order valence-corrected chi connectivity index (χ1v) is 7.46. The standard InChI is InChI=1S/C15H34N2/c1-6-7-8-9-14(10-16)17-11-15(12(2)3)13(4)5/h12-15,17H,6-11,16H2,1-5H3. The van der Waals surface area contributed by atoms with Crippen LogP contribution in [0, 0.1) is 17.8 Å². The molecule has 0 radical (unpaired) electrons. The highest BCUT2D eigenvalue weighted by Crippen LogP contribution is 2.19. The van der Waals surface area contributed by atoms with Crippen molar-refractivity contribution in [3.05, 3.63) is 0 Å². The molecule has 0 aliphatic heterocycles. The SMILES string of the molecule is CCCCCC(CN)NCC(C(C)C)C(C)C. The average molecular weight is 242 g/mol. The van der Waals surface area contributed by atoms with E-state index in [0.717, 1.165) is 30.8 Å². The van der Waals surface area contributed by atoms with Crippen LogP contribution in [0.25, 0.3) is 0 Å². The fraction of sp³-hybridized carbons (Fsp3) is 1.00. The minimum absolute atomic E-state index is 0.515. The molecular weight excluding hydrogens is 208 g/mol. The van der Waals surface area contributed by atoms with Crippen LogP contribution in [0.2, 0.25) is 0 Å². The van der Waals surface area contributed by atoms with Gasteiger partial charge in [0.25, 0.3) is 0 Å². The lowest BCUT2D eigenvalue weighted by molar-refractivity contribution is 0.262. The van der Waals surface area contributed by atoms with E-state index in [1.165, 1.54) is 25.7 Å². The van der Waals surface area contributed by atoms with Gasteiger partial charge in [0.1, 0.15) is 0 Å². The molecule has 0 saturated carbocycles. The summed E-state index contributed by atoms with van der Waals surface area (Å²) in [6.45, 7) is 13.4. The van der Waals surface area contributed by atoms with E-state index in [1.807, 2.05) is 0 Å². The summed E-state index contributed by atoms with van der Waals surface area (Å²) in [6.07, 6.45) is 5.15. The monoisotopic (exact) mass is 242 g/mol. The zero-order chi connectivity index (χ0) is 13.3. The number of nitrogens with two attached hydrogens (primary N) is 1. The molecule has 3 N–H and O–H groups in total. The van der Waals surface area contributed by atoms with Gasteiger partial charge < -0.3 is 11.1 Å². The van der Waals surface area contributed by atoms with Gasteiger partial charge in [-0.15, -0.1) is 0 Å². The molecule has 0 spiro atoms. The second kappa shape index (κ2) is 9.90. The van der Waals surface area contributed by atoms with E-state index in [0.29, 0.717) is 6.04 Å². The zero-order valence-corrected chi connectivity index (χ0v) is 12.6. The molecule has 0 aromatic carbocycles. The largest absolute Gasteiger partial charge is 0.329 e. The van der Waals surface area contributed by atoms with Crippen molar-refractivity contribution in [2.75, 3.05) is 13.1 Å². The minimum atomic E-state index is 0.515. The van der Waals surface area contributed by atoms with E-state index >= 15 is 0 Å². The van der Waals surface area contributed by atoms with Crippen LogP contribution in [-0.2, 0) is 0 Å². The molecule has 0 aliphatic rings. The van der Waals surface area contributed by atoms with Crippen LogP contribution in [0.5, 0.6) is 0 Å². The molecule has 1 unspecified atom stereocenters. The minimum Gasteiger partial charge on any atom is -0.329 e. The second-order valence-electron chi connectivity index (χ2n) is 5.99. The molecule has 0 heterocycles. The average Bonchev–Trinajstić information content (AvgIpc) is 2.26. The van der Waals surface area contributed by atoms with Crippen LogP contribution in [0.1, 0.15) is 60.3 Å². The quantitative estimate of drug-likeness (QED) is 0.576. The molecule has 0 bridgehead atoms. The van der Waals surface area contributed by atoms with Gasteiger partial charge in [-0.2, -0.15) is 0 Å². The Bertz CT molecular complexity index is 158. The molecule has 1 atom stereocenters. The van der Waals surface area contributed by atoms with Gasteiger partial charge in [-0.1, -0.05) is 53.9 Å². The summed E-state index contributed by atoms with van der Waals surface area (Å²) in [5.41, 5.74) is 5.83. The van der Waals surface area contributed by atoms with Crippen molar-refractivity contribution >= 4 is 0 Å². The Hall–Kier alpha value is -0.0800. The zero-order valence-electron chi connectivity index (χ0n) is 12.6. The van der Waals surface area contributed by atoms with Gasteiger partial charge in [0.05, 0.1) is 0 Å². The highest BCUT2D eigenvalue weighted by atomic mass is 14.9. The molecule has 2 heteroatoms. The van der Waals surface area contributed by atoms with Crippen LogP contribution < -0.4 is 11.1 Å². The Kier molecular flexibility index (Phi) is 9.85. The summed E-state index contributed by atoms with van der Waals surface area (Å²) in [5, 5.41) is 3.67. The Balaban J connectivity index is 3.93. The Morgan fingerprint density at radius 2 is 1.59 bits per heavy atom. The van der Waals surface area contributed by atoms with Crippen molar-refractivity contribution in [1.82, 2.24) is 5.32 Å². The first kappa shape index (κ1) is 16.9. The third-order valence-electron chi connectivity index (χ3n) is 3.80. The summed E-state index contributed by atoms with van der Waals surface area (Å²) < 4.78 is 0. The Morgan fingerprint density at radius 1 is 1.00 bits per heavy atom. The van der Waals surface area contributed by atoms with Crippen LogP contribution in [0.15, 0.2) is 0 Å².